The van der Waals surface area contributed by atoms with Crippen LogP contribution in [0.5, 0.6) is 0 Å². The summed E-state index contributed by atoms with van der Waals surface area (Å²) in [5.41, 5.74) is 12.3. The van der Waals surface area contributed by atoms with Crippen molar-refractivity contribution in [2.75, 3.05) is 19.6 Å². The smallest absolute Gasteiger partial charge is 0.303 e. The molecule has 0 aliphatic heterocycles. The summed E-state index contributed by atoms with van der Waals surface area (Å²) in [5.74, 6) is -1.36. The number of nitrogens with zero attached hydrogens (tertiary/aromatic N) is 1. The van der Waals surface area contributed by atoms with Crippen LogP contribution in [-0.2, 0) is 20.8 Å². The van der Waals surface area contributed by atoms with E-state index < -0.39 is 12.0 Å². The average Bonchev–Trinajstić information content (AvgIpc) is 2.60. The van der Waals surface area contributed by atoms with Gasteiger partial charge in [-0.05, 0) is 24.8 Å². The van der Waals surface area contributed by atoms with Crippen molar-refractivity contribution in [2.24, 2.45) is 11.5 Å². The summed E-state index contributed by atoms with van der Waals surface area (Å²) >= 11 is 0. The molecule has 1 amide bonds. The van der Waals surface area contributed by atoms with Gasteiger partial charge in [0.25, 0.3) is 0 Å². The largest absolute Gasteiger partial charge is 0.481 e. The van der Waals surface area contributed by atoms with E-state index in [4.69, 9.17) is 16.6 Å². The fourth-order valence-electron chi connectivity index (χ4n) is 2.49. The van der Waals surface area contributed by atoms with Crippen LogP contribution in [0.3, 0.4) is 0 Å². The van der Waals surface area contributed by atoms with Gasteiger partial charge in [-0.25, -0.2) is 0 Å². The summed E-state index contributed by atoms with van der Waals surface area (Å²) in [6.45, 7) is 0.181. The van der Waals surface area contributed by atoms with Gasteiger partial charge in [0.2, 0.25) is 5.91 Å². The Morgan fingerprint density at radius 1 is 1.08 bits per heavy atom. The van der Waals surface area contributed by atoms with E-state index in [2.05, 4.69) is 0 Å². The van der Waals surface area contributed by atoms with Crippen molar-refractivity contribution in [1.29, 1.82) is 0 Å². The molecule has 0 aliphatic carbocycles. The van der Waals surface area contributed by atoms with Crippen molar-refractivity contribution in [3.8, 4) is 0 Å². The lowest BCUT2D eigenvalue weighted by Gasteiger charge is -2.25. The van der Waals surface area contributed by atoms with Gasteiger partial charge in [-0.15, -0.1) is 12.4 Å². The van der Waals surface area contributed by atoms with Crippen molar-refractivity contribution in [1.82, 2.24) is 4.90 Å². The summed E-state index contributed by atoms with van der Waals surface area (Å²) < 4.78 is 0. The van der Waals surface area contributed by atoms with Gasteiger partial charge in [0, 0.05) is 13.0 Å². The van der Waals surface area contributed by atoms with E-state index in [-0.39, 0.29) is 43.6 Å². The highest BCUT2D eigenvalue weighted by Crippen LogP contribution is 2.07. The van der Waals surface area contributed by atoms with Crippen LogP contribution in [0.1, 0.15) is 31.2 Å². The SMILES string of the molecule is Cl.NCC(=O)CN(CCCCCC(=O)O)C(=O)C(N)Cc1ccccc1. The molecule has 0 aliphatic rings. The number of benzene rings is 1. The zero-order chi connectivity index (χ0) is 18.7. The van der Waals surface area contributed by atoms with Crippen molar-refractivity contribution >= 4 is 30.1 Å². The van der Waals surface area contributed by atoms with Crippen LogP contribution in [0, 0.1) is 0 Å². The average molecular weight is 386 g/mol. The molecule has 0 radical (unpaired) electrons. The second kappa shape index (κ2) is 13.3. The summed E-state index contributed by atoms with van der Waals surface area (Å²) in [6, 6.07) is 8.71. The van der Waals surface area contributed by atoms with Gasteiger partial charge in [-0.1, -0.05) is 36.8 Å². The lowest BCUT2D eigenvalue weighted by atomic mass is 10.1. The van der Waals surface area contributed by atoms with Crippen LogP contribution < -0.4 is 11.5 Å². The van der Waals surface area contributed by atoms with Gasteiger partial charge in [0.05, 0.1) is 19.1 Å². The number of carboxylic acid groups (broad SMARTS) is 1. The molecule has 1 unspecified atom stereocenters. The summed E-state index contributed by atoms with van der Waals surface area (Å²) in [6.07, 6.45) is 2.32. The molecule has 7 nitrogen and oxygen atoms in total. The number of aliphatic carboxylic acids is 1. The molecule has 0 fully saturated rings. The molecular weight excluding hydrogens is 358 g/mol. The highest BCUT2D eigenvalue weighted by molar-refractivity contribution is 5.89. The number of Topliss-reactive ketones (excluding diaryl/α,β-unsaturated/α-hetero) is 1. The van der Waals surface area contributed by atoms with Gasteiger partial charge in [0.1, 0.15) is 0 Å². The number of halogens is 1. The molecule has 146 valence electrons. The zero-order valence-electron chi connectivity index (χ0n) is 14.8. The molecule has 1 rings (SSSR count). The third-order valence-corrected chi connectivity index (χ3v) is 3.84. The van der Waals surface area contributed by atoms with E-state index in [0.717, 1.165) is 5.56 Å². The molecule has 0 aromatic heterocycles. The van der Waals surface area contributed by atoms with Crippen LogP contribution in [0.25, 0.3) is 0 Å². The number of hydrogen-bond acceptors (Lipinski definition) is 5. The Balaban J connectivity index is 0.00000625. The number of nitrogens with two attached hydrogens (primary N) is 2. The fourth-order valence-corrected chi connectivity index (χ4v) is 2.49. The number of unbranched alkanes of at least 4 members (excludes halogenated alkanes) is 2. The molecule has 1 aromatic carbocycles. The Morgan fingerprint density at radius 2 is 1.73 bits per heavy atom. The number of carboxylic acids is 1. The number of ketones is 1. The first kappa shape index (κ1) is 24.0. The predicted octanol–water partition coefficient (Wildman–Crippen LogP) is 0.980. The summed E-state index contributed by atoms with van der Waals surface area (Å²) in [5, 5.41) is 8.63. The monoisotopic (exact) mass is 385 g/mol. The molecule has 1 aromatic rings. The van der Waals surface area contributed by atoms with Crippen molar-refractivity contribution in [2.45, 2.75) is 38.1 Å². The van der Waals surface area contributed by atoms with Crippen LogP contribution >= 0.6 is 12.4 Å². The minimum atomic E-state index is -0.837. The Labute approximate surface area is 160 Å². The molecule has 26 heavy (non-hydrogen) atoms. The molecule has 0 saturated carbocycles. The number of hydrogen-bond donors (Lipinski definition) is 3. The summed E-state index contributed by atoms with van der Waals surface area (Å²) in [7, 11) is 0. The third kappa shape index (κ3) is 9.50. The van der Waals surface area contributed by atoms with Gasteiger partial charge in [-0.2, -0.15) is 0 Å². The Bertz CT molecular complexity index is 569. The molecule has 1 atom stereocenters. The van der Waals surface area contributed by atoms with Crippen LogP contribution in [0.2, 0.25) is 0 Å². The maximum atomic E-state index is 12.6. The van der Waals surface area contributed by atoms with Crippen molar-refractivity contribution in [3.05, 3.63) is 35.9 Å². The second-order valence-corrected chi connectivity index (χ2v) is 6.00. The molecular formula is C18H28ClN3O4. The normalized spacial score (nSPS) is 11.3. The fraction of sp³-hybridized carbons (Fsp3) is 0.500. The standard InChI is InChI=1S/C18H27N3O4.ClH/c19-12-15(22)13-21(10-6-2-5-9-17(23)24)18(25)16(20)11-14-7-3-1-4-8-14;/h1,3-4,7-8,16H,2,5-6,9-13,19-20H2,(H,23,24);1H. The van der Waals surface area contributed by atoms with E-state index >= 15 is 0 Å². The molecule has 5 N–H and O–H groups in total. The highest BCUT2D eigenvalue weighted by atomic mass is 35.5. The second-order valence-electron chi connectivity index (χ2n) is 6.00. The Kier molecular flexibility index (Phi) is 12.3. The number of amides is 1. The molecule has 8 heteroatoms. The van der Waals surface area contributed by atoms with E-state index in [9.17, 15) is 14.4 Å². The van der Waals surface area contributed by atoms with Crippen LogP contribution in [0.4, 0.5) is 0 Å². The molecule has 0 spiro atoms. The molecule has 0 saturated heterocycles. The first-order valence-electron chi connectivity index (χ1n) is 8.46. The lowest BCUT2D eigenvalue weighted by molar-refractivity contribution is -0.137. The Hall–Kier alpha value is -1.96. The van der Waals surface area contributed by atoms with Gasteiger partial charge < -0.3 is 21.5 Å². The summed E-state index contributed by atoms with van der Waals surface area (Å²) in [4.78, 5) is 36.2. The van der Waals surface area contributed by atoms with E-state index in [1.165, 1.54) is 4.90 Å². The lowest BCUT2D eigenvalue weighted by Crippen LogP contribution is -2.48. The van der Waals surface area contributed by atoms with Crippen molar-refractivity contribution in [3.63, 3.8) is 0 Å². The van der Waals surface area contributed by atoms with E-state index in [0.29, 0.717) is 32.2 Å². The minimum Gasteiger partial charge on any atom is -0.481 e. The first-order chi connectivity index (χ1) is 11.9. The van der Waals surface area contributed by atoms with E-state index in [1.807, 2.05) is 30.3 Å². The number of rotatable bonds is 12. The first-order valence-corrected chi connectivity index (χ1v) is 8.46. The quantitative estimate of drug-likeness (QED) is 0.460. The van der Waals surface area contributed by atoms with E-state index in [1.54, 1.807) is 0 Å². The predicted molar refractivity (Wildman–Crippen MR) is 102 cm³/mol. The number of carbonyl (C=O) groups is 3. The van der Waals surface area contributed by atoms with Gasteiger partial charge >= 0.3 is 5.97 Å². The van der Waals surface area contributed by atoms with Gasteiger partial charge in [-0.3, -0.25) is 14.4 Å². The third-order valence-electron chi connectivity index (χ3n) is 3.84. The van der Waals surface area contributed by atoms with Crippen molar-refractivity contribution < 1.29 is 19.5 Å². The van der Waals surface area contributed by atoms with Crippen LogP contribution in [-0.4, -0.2) is 53.3 Å². The zero-order valence-corrected chi connectivity index (χ0v) is 15.6. The topological polar surface area (TPSA) is 127 Å². The molecule has 0 bridgehead atoms. The maximum Gasteiger partial charge on any atom is 0.303 e. The highest BCUT2D eigenvalue weighted by Gasteiger charge is 2.22. The Morgan fingerprint density at radius 3 is 2.31 bits per heavy atom. The molecule has 0 heterocycles. The maximum absolute atomic E-state index is 12.6. The van der Waals surface area contributed by atoms with Crippen LogP contribution in [0.15, 0.2) is 30.3 Å². The van der Waals surface area contributed by atoms with Gasteiger partial charge in [0.15, 0.2) is 5.78 Å². The minimum absolute atomic E-state index is 0. The number of carbonyl (C=O) groups excluding carboxylic acids is 2.